The number of rotatable bonds is 8. The highest BCUT2D eigenvalue weighted by Gasteiger charge is 2.36. The number of fused-ring (bicyclic) bond motifs is 1. The molecule has 0 amide bonds. The van der Waals surface area contributed by atoms with Crippen LogP contribution in [0.15, 0.2) is 36.5 Å². The number of aryl methyl sites for hydroxylation is 1. The molecule has 0 radical (unpaired) electrons. The molecule has 2 aliphatic rings. The SMILES string of the molecule is N=C1CCc2cc(OCCCCCN3CCN(c4ccnc(Cl)c4)S3(=O)=O)ccc21. The molecule has 0 spiro atoms. The maximum Gasteiger partial charge on any atom is 0.304 e. The van der Waals surface area contributed by atoms with Crippen LogP contribution in [0.1, 0.15) is 36.8 Å². The van der Waals surface area contributed by atoms with Crippen LogP contribution in [0.5, 0.6) is 5.75 Å². The summed E-state index contributed by atoms with van der Waals surface area (Å²) in [6, 6.07) is 9.16. The summed E-state index contributed by atoms with van der Waals surface area (Å²) in [6.45, 7) is 1.99. The molecule has 1 aliphatic heterocycles. The lowest BCUT2D eigenvalue weighted by Crippen LogP contribution is -2.33. The van der Waals surface area contributed by atoms with Crippen molar-refractivity contribution in [3.63, 3.8) is 0 Å². The molecule has 30 heavy (non-hydrogen) atoms. The number of hydrogen-bond acceptors (Lipinski definition) is 5. The normalized spacial score (nSPS) is 18.0. The highest BCUT2D eigenvalue weighted by Crippen LogP contribution is 2.27. The zero-order valence-corrected chi connectivity index (χ0v) is 18.3. The zero-order chi connectivity index (χ0) is 21.1. The summed E-state index contributed by atoms with van der Waals surface area (Å²) in [5.74, 6) is 0.845. The minimum atomic E-state index is -3.51. The Labute approximate surface area is 182 Å². The first-order valence-corrected chi connectivity index (χ1v) is 12.0. The zero-order valence-electron chi connectivity index (χ0n) is 16.7. The van der Waals surface area contributed by atoms with Crippen molar-refractivity contribution in [2.45, 2.75) is 32.1 Å². The molecule has 9 heteroatoms. The largest absolute Gasteiger partial charge is 0.494 e. The number of pyridine rings is 1. The Morgan fingerprint density at radius 2 is 1.97 bits per heavy atom. The topological polar surface area (TPSA) is 86.6 Å². The van der Waals surface area contributed by atoms with Crippen molar-refractivity contribution in [1.29, 1.82) is 5.41 Å². The highest BCUT2D eigenvalue weighted by atomic mass is 35.5. The van der Waals surface area contributed by atoms with Gasteiger partial charge in [0, 0.05) is 31.5 Å². The van der Waals surface area contributed by atoms with Crippen molar-refractivity contribution in [3.05, 3.63) is 52.8 Å². The van der Waals surface area contributed by atoms with Crippen LogP contribution in [-0.4, -0.2) is 49.7 Å². The quantitative estimate of drug-likeness (QED) is 0.493. The number of nitrogens with one attached hydrogen (secondary N) is 1. The van der Waals surface area contributed by atoms with E-state index in [9.17, 15) is 8.42 Å². The van der Waals surface area contributed by atoms with Gasteiger partial charge in [0.05, 0.1) is 12.3 Å². The lowest BCUT2D eigenvalue weighted by Gasteiger charge is -2.20. The maximum absolute atomic E-state index is 12.8. The van der Waals surface area contributed by atoms with E-state index in [-0.39, 0.29) is 5.15 Å². The molecule has 7 nitrogen and oxygen atoms in total. The van der Waals surface area contributed by atoms with Gasteiger partial charge >= 0.3 is 10.2 Å². The molecule has 1 aromatic carbocycles. The first-order chi connectivity index (χ1) is 14.4. The average Bonchev–Trinajstić information content (AvgIpc) is 3.23. The van der Waals surface area contributed by atoms with Gasteiger partial charge in [-0.25, -0.2) is 4.98 Å². The van der Waals surface area contributed by atoms with E-state index in [1.165, 1.54) is 20.4 Å². The van der Waals surface area contributed by atoms with Crippen LogP contribution in [0.3, 0.4) is 0 Å². The van der Waals surface area contributed by atoms with E-state index in [1.54, 1.807) is 12.1 Å². The van der Waals surface area contributed by atoms with Crippen LogP contribution in [0, 0.1) is 5.41 Å². The number of ether oxygens (including phenoxy) is 1. The van der Waals surface area contributed by atoms with Crippen molar-refractivity contribution >= 4 is 33.2 Å². The van der Waals surface area contributed by atoms with E-state index in [0.29, 0.717) is 37.6 Å². The molecule has 2 heterocycles. The number of hydrogen-bond donors (Lipinski definition) is 1. The standard InChI is InChI=1S/C21H25ClN4O3S/c22-21-15-17(8-9-24-21)26-12-11-25(30(26,27)28)10-2-1-3-13-29-18-5-6-19-16(14-18)4-7-20(19)23/h5-6,8-9,14-15,23H,1-4,7,10-13H2. The first-order valence-electron chi connectivity index (χ1n) is 10.2. The fourth-order valence-corrected chi connectivity index (χ4v) is 5.73. The van der Waals surface area contributed by atoms with E-state index >= 15 is 0 Å². The van der Waals surface area contributed by atoms with Crippen molar-refractivity contribution in [1.82, 2.24) is 9.29 Å². The third kappa shape index (κ3) is 4.45. The van der Waals surface area contributed by atoms with Gasteiger partial charge < -0.3 is 10.1 Å². The molecule has 0 saturated carbocycles. The van der Waals surface area contributed by atoms with Crippen LogP contribution in [0.25, 0.3) is 0 Å². The van der Waals surface area contributed by atoms with Gasteiger partial charge in [0.25, 0.3) is 0 Å². The lowest BCUT2D eigenvalue weighted by atomic mass is 10.1. The Morgan fingerprint density at radius 3 is 2.80 bits per heavy atom. The lowest BCUT2D eigenvalue weighted by molar-refractivity contribution is 0.302. The van der Waals surface area contributed by atoms with Gasteiger partial charge in [-0.05, 0) is 73.6 Å². The second-order valence-corrected chi connectivity index (χ2v) is 9.76. The summed E-state index contributed by atoms with van der Waals surface area (Å²) in [5, 5.41) is 8.17. The number of nitrogens with zero attached hydrogens (tertiary/aromatic N) is 3. The third-order valence-corrected chi connectivity index (χ3v) is 7.70. The molecule has 1 aliphatic carbocycles. The molecule has 1 aromatic heterocycles. The van der Waals surface area contributed by atoms with Gasteiger partial charge in [0.15, 0.2) is 0 Å². The molecule has 0 atom stereocenters. The van der Waals surface area contributed by atoms with Gasteiger partial charge in [-0.3, -0.25) is 4.31 Å². The molecule has 1 N–H and O–H groups in total. The predicted molar refractivity (Wildman–Crippen MR) is 118 cm³/mol. The first kappa shape index (κ1) is 21.1. The minimum Gasteiger partial charge on any atom is -0.494 e. The Bertz CT molecular complexity index is 1040. The fourth-order valence-electron chi connectivity index (χ4n) is 3.92. The molecule has 0 unspecified atom stereocenters. The van der Waals surface area contributed by atoms with Crippen molar-refractivity contribution in [2.24, 2.45) is 0 Å². The van der Waals surface area contributed by atoms with Crippen LogP contribution in [0.2, 0.25) is 5.15 Å². The van der Waals surface area contributed by atoms with E-state index in [1.807, 2.05) is 18.2 Å². The van der Waals surface area contributed by atoms with Gasteiger partial charge in [0.1, 0.15) is 10.9 Å². The molecule has 2 aromatic rings. The Morgan fingerprint density at radius 1 is 1.10 bits per heavy atom. The summed E-state index contributed by atoms with van der Waals surface area (Å²) in [6.07, 6.45) is 5.78. The number of anilines is 1. The maximum atomic E-state index is 12.8. The Balaban J connectivity index is 1.20. The number of aromatic nitrogens is 1. The Kier molecular flexibility index (Phi) is 6.26. The summed E-state index contributed by atoms with van der Waals surface area (Å²) >= 11 is 5.90. The van der Waals surface area contributed by atoms with Gasteiger partial charge in [0.2, 0.25) is 0 Å². The van der Waals surface area contributed by atoms with E-state index in [2.05, 4.69) is 4.98 Å². The monoisotopic (exact) mass is 448 g/mol. The average molecular weight is 449 g/mol. The van der Waals surface area contributed by atoms with Crippen LogP contribution >= 0.6 is 11.6 Å². The summed E-state index contributed by atoms with van der Waals surface area (Å²) in [7, 11) is -3.51. The van der Waals surface area contributed by atoms with Crippen molar-refractivity contribution in [2.75, 3.05) is 30.5 Å². The number of unbranched alkanes of at least 4 members (excludes halogenated alkanes) is 2. The molecule has 0 bridgehead atoms. The summed E-state index contributed by atoms with van der Waals surface area (Å²) in [5.41, 5.74) is 3.49. The van der Waals surface area contributed by atoms with E-state index in [4.69, 9.17) is 21.7 Å². The van der Waals surface area contributed by atoms with E-state index in [0.717, 1.165) is 43.4 Å². The van der Waals surface area contributed by atoms with E-state index < -0.39 is 10.2 Å². The van der Waals surface area contributed by atoms with Gasteiger partial charge in [-0.2, -0.15) is 12.7 Å². The van der Waals surface area contributed by atoms with Crippen molar-refractivity contribution in [3.8, 4) is 5.75 Å². The molecule has 1 saturated heterocycles. The molecule has 160 valence electrons. The Hall–Kier alpha value is -2.16. The minimum absolute atomic E-state index is 0.280. The fraction of sp³-hybridized carbons (Fsp3) is 0.429. The predicted octanol–water partition coefficient (Wildman–Crippen LogP) is 3.67. The second-order valence-electron chi connectivity index (χ2n) is 7.52. The number of halogens is 1. The van der Waals surface area contributed by atoms with Crippen molar-refractivity contribution < 1.29 is 13.2 Å². The molecular weight excluding hydrogens is 424 g/mol. The number of benzene rings is 1. The second kappa shape index (κ2) is 8.91. The summed E-state index contributed by atoms with van der Waals surface area (Å²) in [4.78, 5) is 3.91. The smallest absolute Gasteiger partial charge is 0.304 e. The van der Waals surface area contributed by atoms with Gasteiger partial charge in [-0.15, -0.1) is 0 Å². The van der Waals surface area contributed by atoms with Crippen LogP contribution in [-0.2, 0) is 16.6 Å². The van der Waals surface area contributed by atoms with Crippen LogP contribution < -0.4 is 9.04 Å². The summed E-state index contributed by atoms with van der Waals surface area (Å²) < 4.78 is 34.3. The molecular formula is C21H25ClN4O3S. The third-order valence-electron chi connectivity index (χ3n) is 5.52. The van der Waals surface area contributed by atoms with Gasteiger partial charge in [-0.1, -0.05) is 11.6 Å². The highest BCUT2D eigenvalue weighted by molar-refractivity contribution is 7.90. The molecule has 4 rings (SSSR count). The molecule has 1 fully saturated rings. The van der Waals surface area contributed by atoms with Crippen LogP contribution in [0.4, 0.5) is 5.69 Å².